The highest BCUT2D eigenvalue weighted by atomic mass is 35.5. The maximum atomic E-state index is 6.23. The van der Waals surface area contributed by atoms with Gasteiger partial charge in [-0.1, -0.05) is 0 Å². The van der Waals surface area contributed by atoms with Crippen molar-refractivity contribution in [3.8, 4) is 0 Å². The molecule has 16 heavy (non-hydrogen) atoms. The Labute approximate surface area is 111 Å². The largest absolute Gasteiger partial charge is 0.277 e. The SMILES string of the molecule is ClC(Cl)C(Cl)CC12CN3CN(CN(C3)C1)C2. The second kappa shape index (κ2) is 4.15. The molecule has 4 rings (SSSR count). The molecule has 4 saturated heterocycles. The van der Waals surface area contributed by atoms with Crippen molar-refractivity contribution in [3.05, 3.63) is 0 Å². The van der Waals surface area contributed by atoms with Gasteiger partial charge in [0.05, 0.1) is 25.4 Å². The van der Waals surface area contributed by atoms with E-state index < -0.39 is 4.84 Å². The van der Waals surface area contributed by atoms with Crippen molar-refractivity contribution >= 4 is 34.8 Å². The molecule has 4 fully saturated rings. The predicted octanol–water partition coefficient (Wildman–Crippen LogP) is 1.59. The molecule has 0 N–H and O–H groups in total. The molecule has 4 bridgehead atoms. The maximum absolute atomic E-state index is 6.23. The van der Waals surface area contributed by atoms with Crippen molar-refractivity contribution in [2.24, 2.45) is 5.41 Å². The minimum absolute atomic E-state index is 0.136. The van der Waals surface area contributed by atoms with Crippen LogP contribution in [0.5, 0.6) is 0 Å². The molecule has 0 aromatic heterocycles. The minimum Gasteiger partial charge on any atom is -0.277 e. The molecular formula is C10H16Cl3N3. The Bertz CT molecular complexity index is 249. The van der Waals surface area contributed by atoms with Gasteiger partial charge in [-0.05, 0) is 6.42 Å². The number of hydrogen-bond acceptors (Lipinski definition) is 3. The van der Waals surface area contributed by atoms with Crippen LogP contribution in [0.2, 0.25) is 0 Å². The first-order valence-corrected chi connectivity index (χ1v) is 6.97. The van der Waals surface area contributed by atoms with Crippen LogP contribution in [0.3, 0.4) is 0 Å². The summed E-state index contributed by atoms with van der Waals surface area (Å²) in [4.78, 5) is 6.99. The number of hydrogen-bond donors (Lipinski definition) is 0. The van der Waals surface area contributed by atoms with E-state index >= 15 is 0 Å². The maximum Gasteiger partial charge on any atom is 0.124 e. The highest BCUT2D eigenvalue weighted by Crippen LogP contribution is 2.40. The van der Waals surface area contributed by atoms with Gasteiger partial charge in [-0.25, -0.2) is 0 Å². The highest BCUT2D eigenvalue weighted by Gasteiger charge is 2.49. The van der Waals surface area contributed by atoms with Crippen LogP contribution >= 0.6 is 34.8 Å². The molecule has 0 spiro atoms. The lowest BCUT2D eigenvalue weighted by atomic mass is 9.77. The van der Waals surface area contributed by atoms with E-state index in [0.717, 1.165) is 46.1 Å². The fourth-order valence-corrected chi connectivity index (χ4v) is 4.06. The van der Waals surface area contributed by atoms with Gasteiger partial charge in [-0.2, -0.15) is 0 Å². The molecule has 0 aliphatic carbocycles. The van der Waals surface area contributed by atoms with Crippen molar-refractivity contribution in [2.75, 3.05) is 39.6 Å². The summed E-state index contributed by atoms with van der Waals surface area (Å²) in [5, 5.41) is -0.136. The third-order valence-electron chi connectivity index (χ3n) is 3.78. The Kier molecular flexibility index (Phi) is 3.06. The van der Waals surface area contributed by atoms with Crippen molar-refractivity contribution in [1.29, 1.82) is 0 Å². The van der Waals surface area contributed by atoms with Crippen molar-refractivity contribution in [2.45, 2.75) is 16.6 Å². The standard InChI is InChI=1S/C10H16Cl3N3/c11-8(9(12)13)1-10-2-14-5-15(3-10)7-16(4-10)6-14/h8-9H,1-7H2. The summed E-state index contributed by atoms with van der Waals surface area (Å²) in [5.41, 5.74) is 0.281. The van der Waals surface area contributed by atoms with Gasteiger partial charge in [0, 0.05) is 25.0 Å². The second-order valence-corrected chi connectivity index (χ2v) is 7.19. The van der Waals surface area contributed by atoms with E-state index in [0.29, 0.717) is 0 Å². The molecular weight excluding hydrogens is 268 g/mol. The Morgan fingerprint density at radius 1 is 0.875 bits per heavy atom. The second-order valence-electron chi connectivity index (χ2n) is 5.47. The van der Waals surface area contributed by atoms with Gasteiger partial charge in [0.2, 0.25) is 0 Å². The van der Waals surface area contributed by atoms with E-state index in [4.69, 9.17) is 34.8 Å². The quantitative estimate of drug-likeness (QED) is 0.729. The van der Waals surface area contributed by atoms with Crippen LogP contribution in [-0.2, 0) is 0 Å². The van der Waals surface area contributed by atoms with E-state index in [1.807, 2.05) is 0 Å². The van der Waals surface area contributed by atoms with Gasteiger partial charge in [0.1, 0.15) is 4.84 Å². The van der Waals surface area contributed by atoms with Gasteiger partial charge in [-0.15, -0.1) is 34.8 Å². The smallest absolute Gasteiger partial charge is 0.124 e. The summed E-state index contributed by atoms with van der Waals surface area (Å²) >= 11 is 18.0. The fourth-order valence-electron chi connectivity index (χ4n) is 3.55. The summed E-state index contributed by atoms with van der Waals surface area (Å²) in [7, 11) is 0. The molecule has 0 saturated carbocycles. The van der Waals surface area contributed by atoms with Crippen LogP contribution in [0.4, 0.5) is 0 Å². The van der Waals surface area contributed by atoms with Gasteiger partial charge >= 0.3 is 0 Å². The fraction of sp³-hybridized carbons (Fsp3) is 1.00. The van der Waals surface area contributed by atoms with Crippen LogP contribution in [0.15, 0.2) is 0 Å². The topological polar surface area (TPSA) is 9.72 Å². The first kappa shape index (κ1) is 11.8. The summed E-state index contributed by atoms with van der Waals surface area (Å²) in [6.07, 6.45) is 0.912. The molecule has 1 atom stereocenters. The Morgan fingerprint density at radius 3 is 1.69 bits per heavy atom. The molecule has 6 heteroatoms. The first-order valence-electron chi connectivity index (χ1n) is 5.66. The third kappa shape index (κ3) is 2.06. The van der Waals surface area contributed by atoms with Crippen molar-refractivity contribution in [3.63, 3.8) is 0 Å². The normalized spacial score (nSPS) is 47.6. The summed E-state index contributed by atoms with van der Waals surface area (Å²) in [5.74, 6) is 0. The third-order valence-corrected chi connectivity index (χ3v) is 5.05. The monoisotopic (exact) mass is 283 g/mol. The zero-order valence-corrected chi connectivity index (χ0v) is 11.3. The summed E-state index contributed by atoms with van der Waals surface area (Å²) < 4.78 is 0. The Morgan fingerprint density at radius 2 is 1.31 bits per heavy atom. The lowest BCUT2D eigenvalue weighted by molar-refractivity contribution is -0.174. The lowest BCUT2D eigenvalue weighted by Gasteiger charge is -2.61. The average Bonchev–Trinajstić information content (AvgIpc) is 2.13. The molecule has 92 valence electrons. The van der Waals surface area contributed by atoms with Crippen LogP contribution < -0.4 is 0 Å². The average molecular weight is 285 g/mol. The molecule has 0 aromatic carbocycles. The van der Waals surface area contributed by atoms with E-state index in [1.54, 1.807) is 0 Å². The van der Waals surface area contributed by atoms with E-state index in [2.05, 4.69) is 14.7 Å². The zero-order chi connectivity index (χ0) is 11.3. The van der Waals surface area contributed by atoms with Gasteiger partial charge < -0.3 is 0 Å². The van der Waals surface area contributed by atoms with E-state index in [1.165, 1.54) is 0 Å². The molecule has 0 radical (unpaired) electrons. The molecule has 4 aliphatic rings. The summed E-state index contributed by atoms with van der Waals surface area (Å²) in [6.45, 7) is 6.75. The van der Waals surface area contributed by atoms with E-state index in [-0.39, 0.29) is 10.8 Å². The van der Waals surface area contributed by atoms with Crippen LogP contribution in [0.25, 0.3) is 0 Å². The Balaban J connectivity index is 1.73. The predicted molar refractivity (Wildman–Crippen MR) is 66.9 cm³/mol. The van der Waals surface area contributed by atoms with Crippen LogP contribution in [0.1, 0.15) is 6.42 Å². The number of nitrogens with zero attached hydrogens (tertiary/aromatic N) is 3. The Hall–Kier alpha value is 0.750. The molecule has 1 unspecified atom stereocenters. The number of rotatable bonds is 3. The summed E-state index contributed by atoms with van der Waals surface area (Å²) in [6, 6.07) is 0. The zero-order valence-electron chi connectivity index (χ0n) is 9.08. The van der Waals surface area contributed by atoms with Crippen molar-refractivity contribution < 1.29 is 0 Å². The number of alkyl halides is 3. The van der Waals surface area contributed by atoms with Gasteiger partial charge in [0.15, 0.2) is 0 Å². The van der Waals surface area contributed by atoms with Crippen LogP contribution in [-0.4, -0.2) is 64.6 Å². The minimum atomic E-state index is -0.463. The van der Waals surface area contributed by atoms with Gasteiger partial charge in [0.25, 0.3) is 0 Å². The van der Waals surface area contributed by atoms with Crippen molar-refractivity contribution in [1.82, 2.24) is 14.7 Å². The van der Waals surface area contributed by atoms with E-state index in [9.17, 15) is 0 Å². The van der Waals surface area contributed by atoms with Gasteiger partial charge in [-0.3, -0.25) is 14.7 Å². The van der Waals surface area contributed by atoms with Crippen LogP contribution in [0, 0.1) is 5.41 Å². The first-order chi connectivity index (χ1) is 7.56. The molecule has 4 heterocycles. The molecule has 3 nitrogen and oxygen atoms in total. The lowest BCUT2D eigenvalue weighted by Crippen LogP contribution is -2.73. The number of halogens is 3. The molecule has 0 amide bonds. The molecule has 4 aliphatic heterocycles. The molecule has 0 aromatic rings. The highest BCUT2D eigenvalue weighted by molar-refractivity contribution is 6.48.